The van der Waals surface area contributed by atoms with Gasteiger partial charge in [-0.2, -0.15) is 0 Å². The van der Waals surface area contributed by atoms with E-state index in [-0.39, 0.29) is 5.91 Å². The molecule has 2 rings (SSSR count). The van der Waals surface area contributed by atoms with E-state index in [0.717, 1.165) is 4.47 Å². The van der Waals surface area contributed by atoms with Gasteiger partial charge in [0.25, 0.3) is 0 Å². The maximum absolute atomic E-state index is 11.5. The highest BCUT2D eigenvalue weighted by molar-refractivity contribution is 9.10. The molecule has 0 atom stereocenters. The predicted octanol–water partition coefficient (Wildman–Crippen LogP) is 2.77. The average Bonchev–Trinajstić information content (AvgIpc) is 2.94. The van der Waals surface area contributed by atoms with Gasteiger partial charge in [0.1, 0.15) is 0 Å². The average molecular weight is 269 g/mol. The highest BCUT2D eigenvalue weighted by Crippen LogP contribution is 2.33. The van der Waals surface area contributed by atoms with Gasteiger partial charge in [-0.1, -0.05) is 15.9 Å². The minimum absolute atomic E-state index is 0.0616. The van der Waals surface area contributed by atoms with E-state index in [4.69, 9.17) is 5.73 Å². The standard InChI is InChI=1S/C11H13BrN2O/c12-8-3-4-10(9(13)6-8)14-11(15)5-7-1-2-7/h3-4,6-7H,1-2,5,13H2,(H,14,15). The summed E-state index contributed by atoms with van der Waals surface area (Å²) in [5, 5.41) is 2.82. The third-order valence-electron chi connectivity index (χ3n) is 2.46. The normalized spacial score (nSPS) is 15.0. The number of carbonyl (C=O) groups excluding carboxylic acids is 1. The number of nitrogens with one attached hydrogen (secondary N) is 1. The number of benzene rings is 1. The van der Waals surface area contributed by atoms with Gasteiger partial charge >= 0.3 is 0 Å². The molecule has 1 amide bonds. The first-order valence-corrected chi connectivity index (χ1v) is 5.79. The summed E-state index contributed by atoms with van der Waals surface area (Å²) in [6, 6.07) is 5.46. The van der Waals surface area contributed by atoms with Crippen LogP contribution >= 0.6 is 15.9 Å². The molecule has 1 aliphatic carbocycles. The lowest BCUT2D eigenvalue weighted by atomic mass is 10.2. The number of anilines is 2. The van der Waals surface area contributed by atoms with E-state index in [1.165, 1.54) is 12.8 Å². The lowest BCUT2D eigenvalue weighted by Gasteiger charge is -2.07. The van der Waals surface area contributed by atoms with Crippen molar-refractivity contribution in [2.75, 3.05) is 11.1 Å². The molecular formula is C11H13BrN2O. The smallest absolute Gasteiger partial charge is 0.224 e. The van der Waals surface area contributed by atoms with Gasteiger partial charge in [0, 0.05) is 10.9 Å². The van der Waals surface area contributed by atoms with Gasteiger partial charge in [0.2, 0.25) is 5.91 Å². The Morgan fingerprint density at radius 1 is 1.53 bits per heavy atom. The number of nitrogen functional groups attached to an aromatic ring is 1. The molecule has 0 radical (unpaired) electrons. The van der Waals surface area contributed by atoms with Crippen molar-refractivity contribution in [1.82, 2.24) is 0 Å². The first-order chi connectivity index (χ1) is 7.15. The Hall–Kier alpha value is -1.03. The van der Waals surface area contributed by atoms with Crippen molar-refractivity contribution in [3.05, 3.63) is 22.7 Å². The quantitative estimate of drug-likeness (QED) is 0.829. The van der Waals surface area contributed by atoms with Crippen LogP contribution in [0.15, 0.2) is 22.7 Å². The number of rotatable bonds is 3. The molecule has 1 saturated carbocycles. The number of hydrogen-bond acceptors (Lipinski definition) is 2. The molecule has 0 bridgehead atoms. The van der Waals surface area contributed by atoms with E-state index in [1.54, 1.807) is 6.07 Å². The van der Waals surface area contributed by atoms with Crippen LogP contribution in [0.5, 0.6) is 0 Å². The molecule has 0 saturated heterocycles. The fraction of sp³-hybridized carbons (Fsp3) is 0.364. The summed E-state index contributed by atoms with van der Waals surface area (Å²) < 4.78 is 0.917. The summed E-state index contributed by atoms with van der Waals surface area (Å²) in [5.41, 5.74) is 7.06. The second-order valence-electron chi connectivity index (χ2n) is 3.93. The van der Waals surface area contributed by atoms with Gasteiger partial charge in [-0.15, -0.1) is 0 Å². The molecule has 0 aliphatic heterocycles. The first kappa shape index (κ1) is 10.5. The third-order valence-corrected chi connectivity index (χ3v) is 2.95. The first-order valence-electron chi connectivity index (χ1n) is 5.00. The molecule has 3 N–H and O–H groups in total. The molecule has 0 aromatic heterocycles. The maximum atomic E-state index is 11.5. The zero-order valence-electron chi connectivity index (χ0n) is 8.29. The molecule has 3 nitrogen and oxygen atoms in total. The van der Waals surface area contributed by atoms with Crippen LogP contribution in [-0.2, 0) is 4.79 Å². The maximum Gasteiger partial charge on any atom is 0.224 e. The van der Waals surface area contributed by atoms with Gasteiger partial charge < -0.3 is 11.1 Å². The van der Waals surface area contributed by atoms with E-state index in [0.29, 0.717) is 23.7 Å². The van der Waals surface area contributed by atoms with Crippen molar-refractivity contribution in [3.63, 3.8) is 0 Å². The summed E-state index contributed by atoms with van der Waals surface area (Å²) in [5.74, 6) is 0.660. The SMILES string of the molecule is Nc1cc(Br)ccc1NC(=O)CC1CC1. The number of hydrogen-bond donors (Lipinski definition) is 2. The Morgan fingerprint density at radius 3 is 2.87 bits per heavy atom. The van der Waals surface area contributed by atoms with Crippen molar-refractivity contribution >= 4 is 33.2 Å². The monoisotopic (exact) mass is 268 g/mol. The van der Waals surface area contributed by atoms with Gasteiger partial charge in [0.15, 0.2) is 0 Å². The molecule has 1 aliphatic rings. The van der Waals surface area contributed by atoms with Crippen LogP contribution in [0, 0.1) is 5.92 Å². The molecule has 0 spiro atoms. The molecule has 15 heavy (non-hydrogen) atoms. The Balaban J connectivity index is 1.99. The van der Waals surface area contributed by atoms with Gasteiger partial charge in [-0.25, -0.2) is 0 Å². The lowest BCUT2D eigenvalue weighted by Crippen LogP contribution is -2.13. The van der Waals surface area contributed by atoms with E-state index in [2.05, 4.69) is 21.2 Å². The Morgan fingerprint density at radius 2 is 2.27 bits per heavy atom. The summed E-state index contributed by atoms with van der Waals surface area (Å²) in [7, 11) is 0. The Kier molecular flexibility index (Phi) is 2.95. The topological polar surface area (TPSA) is 55.1 Å². The minimum atomic E-state index is 0.0616. The molecule has 0 unspecified atom stereocenters. The molecule has 1 fully saturated rings. The third kappa shape index (κ3) is 2.96. The van der Waals surface area contributed by atoms with Crippen LogP contribution in [0.2, 0.25) is 0 Å². The number of carbonyl (C=O) groups is 1. The van der Waals surface area contributed by atoms with Crippen LogP contribution in [0.1, 0.15) is 19.3 Å². The molecule has 0 heterocycles. The van der Waals surface area contributed by atoms with Crippen molar-refractivity contribution in [1.29, 1.82) is 0 Å². The zero-order valence-corrected chi connectivity index (χ0v) is 9.88. The molecule has 4 heteroatoms. The second kappa shape index (κ2) is 4.23. The fourth-order valence-corrected chi connectivity index (χ4v) is 1.81. The van der Waals surface area contributed by atoms with E-state index in [1.807, 2.05) is 12.1 Å². The molecular weight excluding hydrogens is 256 g/mol. The number of amides is 1. The van der Waals surface area contributed by atoms with Crippen LogP contribution < -0.4 is 11.1 Å². The van der Waals surface area contributed by atoms with Crippen LogP contribution in [-0.4, -0.2) is 5.91 Å². The largest absolute Gasteiger partial charge is 0.397 e. The van der Waals surface area contributed by atoms with Crippen molar-refractivity contribution in [2.45, 2.75) is 19.3 Å². The van der Waals surface area contributed by atoms with E-state index >= 15 is 0 Å². The Bertz CT molecular complexity index is 388. The summed E-state index contributed by atoms with van der Waals surface area (Å²) in [6.45, 7) is 0. The van der Waals surface area contributed by atoms with Gasteiger partial charge in [0.05, 0.1) is 11.4 Å². The van der Waals surface area contributed by atoms with Gasteiger partial charge in [-0.3, -0.25) is 4.79 Å². The van der Waals surface area contributed by atoms with Crippen LogP contribution in [0.4, 0.5) is 11.4 Å². The molecule has 80 valence electrons. The Labute approximate surface area is 97.2 Å². The lowest BCUT2D eigenvalue weighted by molar-refractivity contribution is -0.116. The number of nitrogens with two attached hydrogens (primary N) is 1. The molecule has 1 aromatic carbocycles. The fourth-order valence-electron chi connectivity index (χ4n) is 1.43. The molecule has 1 aromatic rings. The number of halogens is 1. The van der Waals surface area contributed by atoms with Crippen LogP contribution in [0.25, 0.3) is 0 Å². The summed E-state index contributed by atoms with van der Waals surface area (Å²) in [4.78, 5) is 11.5. The van der Waals surface area contributed by atoms with Gasteiger partial charge in [-0.05, 0) is 37.0 Å². The van der Waals surface area contributed by atoms with Crippen molar-refractivity contribution < 1.29 is 4.79 Å². The van der Waals surface area contributed by atoms with Crippen LogP contribution in [0.3, 0.4) is 0 Å². The van der Waals surface area contributed by atoms with E-state index in [9.17, 15) is 4.79 Å². The zero-order chi connectivity index (χ0) is 10.8. The van der Waals surface area contributed by atoms with Crippen molar-refractivity contribution in [2.24, 2.45) is 5.92 Å². The minimum Gasteiger partial charge on any atom is -0.397 e. The summed E-state index contributed by atoms with van der Waals surface area (Å²) >= 11 is 3.32. The highest BCUT2D eigenvalue weighted by atomic mass is 79.9. The van der Waals surface area contributed by atoms with E-state index < -0.39 is 0 Å². The second-order valence-corrected chi connectivity index (χ2v) is 4.84. The summed E-state index contributed by atoms with van der Waals surface area (Å²) in [6.07, 6.45) is 2.99. The highest BCUT2D eigenvalue weighted by Gasteiger charge is 2.24. The van der Waals surface area contributed by atoms with Crippen molar-refractivity contribution in [3.8, 4) is 0 Å². The predicted molar refractivity (Wildman–Crippen MR) is 64.5 cm³/mol.